The summed E-state index contributed by atoms with van der Waals surface area (Å²) in [5.74, 6) is 1.69. The molecule has 0 amide bonds. The zero-order valence-electron chi connectivity index (χ0n) is 16.0. The van der Waals surface area contributed by atoms with Crippen molar-refractivity contribution in [3.05, 3.63) is 23.3 Å². The second-order valence-corrected chi connectivity index (χ2v) is 7.46. The third-order valence-electron chi connectivity index (χ3n) is 5.85. The SMILES string of the molecule is COc1cc2c(cc1OCCCN1CCOCC1)N(C)C1CCCC1=C2. The zero-order valence-corrected chi connectivity index (χ0v) is 16.0. The fourth-order valence-electron chi connectivity index (χ4n) is 4.38. The summed E-state index contributed by atoms with van der Waals surface area (Å²) < 4.78 is 17.1. The van der Waals surface area contributed by atoms with Gasteiger partial charge in [-0.3, -0.25) is 4.90 Å². The standard InChI is InChI=1S/C21H30N2O3/c1-22-18-6-3-5-16(18)13-17-14-20(24-2)21(15-19(17)22)26-10-4-7-23-8-11-25-12-9-23/h13-15,18H,3-12H2,1-2H3. The Hall–Kier alpha value is -1.72. The fourth-order valence-corrected chi connectivity index (χ4v) is 4.38. The van der Waals surface area contributed by atoms with Gasteiger partial charge in [0, 0.05) is 44.0 Å². The first-order chi connectivity index (χ1) is 12.8. The van der Waals surface area contributed by atoms with Crippen molar-refractivity contribution >= 4 is 11.8 Å². The average Bonchev–Trinajstić information content (AvgIpc) is 3.15. The molecule has 5 nitrogen and oxygen atoms in total. The van der Waals surface area contributed by atoms with E-state index in [1.54, 1.807) is 12.7 Å². The van der Waals surface area contributed by atoms with Gasteiger partial charge < -0.3 is 19.1 Å². The molecule has 1 saturated heterocycles. The van der Waals surface area contributed by atoms with E-state index in [4.69, 9.17) is 14.2 Å². The molecular formula is C21H30N2O3. The first-order valence-corrected chi connectivity index (χ1v) is 9.84. The highest BCUT2D eigenvalue weighted by atomic mass is 16.5. The summed E-state index contributed by atoms with van der Waals surface area (Å²) in [5.41, 5.74) is 4.06. The summed E-state index contributed by atoms with van der Waals surface area (Å²) in [7, 11) is 3.93. The van der Waals surface area contributed by atoms with Gasteiger partial charge in [-0.1, -0.05) is 6.08 Å². The monoisotopic (exact) mass is 358 g/mol. The lowest BCUT2D eigenvalue weighted by molar-refractivity contribution is 0.0357. The van der Waals surface area contributed by atoms with Gasteiger partial charge in [0.25, 0.3) is 0 Å². The van der Waals surface area contributed by atoms with Crippen LogP contribution >= 0.6 is 0 Å². The van der Waals surface area contributed by atoms with Gasteiger partial charge in [-0.15, -0.1) is 0 Å². The van der Waals surface area contributed by atoms with Crippen molar-refractivity contribution in [1.82, 2.24) is 4.90 Å². The van der Waals surface area contributed by atoms with Crippen molar-refractivity contribution in [2.45, 2.75) is 31.7 Å². The Kier molecular flexibility index (Phi) is 5.36. The number of methoxy groups -OCH3 is 1. The van der Waals surface area contributed by atoms with Crippen LogP contribution in [-0.4, -0.2) is 64.6 Å². The van der Waals surface area contributed by atoms with Crippen molar-refractivity contribution in [2.75, 3.05) is 58.5 Å². The largest absolute Gasteiger partial charge is 0.493 e. The van der Waals surface area contributed by atoms with Crippen molar-refractivity contribution in [1.29, 1.82) is 0 Å². The highest BCUT2D eigenvalue weighted by molar-refractivity contribution is 5.78. The van der Waals surface area contributed by atoms with E-state index in [0.717, 1.165) is 50.8 Å². The number of benzene rings is 1. The Bertz CT molecular complexity index is 667. The van der Waals surface area contributed by atoms with Crippen LogP contribution in [-0.2, 0) is 4.74 Å². The van der Waals surface area contributed by atoms with E-state index in [1.165, 1.54) is 30.5 Å². The van der Waals surface area contributed by atoms with Crippen LogP contribution in [0, 0.1) is 0 Å². The van der Waals surface area contributed by atoms with E-state index in [9.17, 15) is 0 Å². The Labute approximate surface area is 156 Å². The molecule has 1 saturated carbocycles. The topological polar surface area (TPSA) is 34.2 Å². The molecule has 2 aliphatic heterocycles. The maximum atomic E-state index is 6.11. The van der Waals surface area contributed by atoms with Crippen molar-refractivity contribution < 1.29 is 14.2 Å². The van der Waals surface area contributed by atoms with Crippen LogP contribution in [0.15, 0.2) is 17.7 Å². The average molecular weight is 358 g/mol. The molecule has 0 spiro atoms. The minimum atomic E-state index is 0.560. The van der Waals surface area contributed by atoms with E-state index < -0.39 is 0 Å². The number of rotatable bonds is 6. The molecule has 26 heavy (non-hydrogen) atoms. The van der Waals surface area contributed by atoms with Crippen LogP contribution in [0.25, 0.3) is 6.08 Å². The van der Waals surface area contributed by atoms with E-state index in [0.29, 0.717) is 12.6 Å². The molecule has 2 heterocycles. The Morgan fingerprint density at radius 3 is 2.85 bits per heavy atom. The Morgan fingerprint density at radius 1 is 1.19 bits per heavy atom. The Balaban J connectivity index is 1.42. The molecule has 1 unspecified atom stereocenters. The maximum absolute atomic E-state index is 6.11. The van der Waals surface area contributed by atoms with Gasteiger partial charge in [0.1, 0.15) is 0 Å². The normalized spacial score (nSPS) is 22.6. The molecule has 142 valence electrons. The van der Waals surface area contributed by atoms with Crippen molar-refractivity contribution in [2.24, 2.45) is 0 Å². The molecule has 1 aromatic rings. The number of likely N-dealkylation sites (N-methyl/N-ethyl adjacent to an activating group) is 1. The lowest BCUT2D eigenvalue weighted by Gasteiger charge is -2.34. The summed E-state index contributed by atoms with van der Waals surface area (Å²) in [4.78, 5) is 4.86. The van der Waals surface area contributed by atoms with Crippen LogP contribution in [0.4, 0.5) is 5.69 Å². The Morgan fingerprint density at radius 2 is 2.04 bits per heavy atom. The second-order valence-electron chi connectivity index (χ2n) is 7.46. The molecule has 1 atom stereocenters. The molecule has 0 radical (unpaired) electrons. The first kappa shape index (κ1) is 17.7. The molecule has 5 heteroatoms. The molecule has 0 N–H and O–H groups in total. The third-order valence-corrected chi connectivity index (χ3v) is 5.85. The molecule has 1 aliphatic carbocycles. The first-order valence-electron chi connectivity index (χ1n) is 9.84. The van der Waals surface area contributed by atoms with Gasteiger partial charge in [0.15, 0.2) is 11.5 Å². The van der Waals surface area contributed by atoms with Gasteiger partial charge in [-0.05, 0) is 37.3 Å². The van der Waals surface area contributed by atoms with Gasteiger partial charge in [0.2, 0.25) is 0 Å². The minimum Gasteiger partial charge on any atom is -0.493 e. The summed E-state index contributed by atoms with van der Waals surface area (Å²) in [5, 5.41) is 0. The van der Waals surface area contributed by atoms with E-state index in [2.05, 4.69) is 35.1 Å². The molecule has 2 fully saturated rings. The van der Waals surface area contributed by atoms with Crippen LogP contribution in [0.1, 0.15) is 31.2 Å². The van der Waals surface area contributed by atoms with E-state index in [-0.39, 0.29) is 0 Å². The maximum Gasteiger partial charge on any atom is 0.163 e. The fraction of sp³-hybridized carbons (Fsp3) is 0.619. The molecule has 4 rings (SSSR count). The number of morpholine rings is 1. The van der Waals surface area contributed by atoms with Crippen LogP contribution < -0.4 is 14.4 Å². The van der Waals surface area contributed by atoms with Gasteiger partial charge in [-0.25, -0.2) is 0 Å². The quantitative estimate of drug-likeness (QED) is 0.730. The van der Waals surface area contributed by atoms with E-state index in [1.807, 2.05) is 0 Å². The lowest BCUT2D eigenvalue weighted by Crippen LogP contribution is -2.37. The van der Waals surface area contributed by atoms with Crippen molar-refractivity contribution in [3.63, 3.8) is 0 Å². The highest BCUT2D eigenvalue weighted by Crippen LogP contribution is 2.43. The number of hydrogen-bond donors (Lipinski definition) is 0. The van der Waals surface area contributed by atoms with Crippen molar-refractivity contribution in [3.8, 4) is 11.5 Å². The number of nitrogens with zero attached hydrogens (tertiary/aromatic N) is 2. The molecule has 1 aromatic carbocycles. The van der Waals surface area contributed by atoms with Gasteiger partial charge in [-0.2, -0.15) is 0 Å². The molecule has 0 bridgehead atoms. The van der Waals surface area contributed by atoms with Gasteiger partial charge in [0.05, 0.1) is 33.0 Å². The van der Waals surface area contributed by atoms with Crippen LogP contribution in [0.2, 0.25) is 0 Å². The molecular weight excluding hydrogens is 328 g/mol. The minimum absolute atomic E-state index is 0.560. The zero-order chi connectivity index (χ0) is 17.9. The number of anilines is 1. The highest BCUT2D eigenvalue weighted by Gasteiger charge is 2.30. The predicted molar refractivity (Wildman–Crippen MR) is 104 cm³/mol. The number of ether oxygens (including phenoxy) is 3. The summed E-state index contributed by atoms with van der Waals surface area (Å²) in [6.07, 6.45) is 7.14. The summed E-state index contributed by atoms with van der Waals surface area (Å²) in [6.45, 7) is 5.53. The lowest BCUT2D eigenvalue weighted by atomic mass is 9.97. The van der Waals surface area contributed by atoms with Crippen LogP contribution in [0.3, 0.4) is 0 Å². The summed E-state index contributed by atoms with van der Waals surface area (Å²) >= 11 is 0. The van der Waals surface area contributed by atoms with E-state index >= 15 is 0 Å². The number of hydrogen-bond acceptors (Lipinski definition) is 5. The number of fused-ring (bicyclic) bond motifs is 2. The molecule has 0 aromatic heterocycles. The van der Waals surface area contributed by atoms with Crippen LogP contribution in [0.5, 0.6) is 11.5 Å². The molecule has 3 aliphatic rings. The summed E-state index contributed by atoms with van der Waals surface area (Å²) in [6, 6.07) is 4.85. The smallest absolute Gasteiger partial charge is 0.163 e. The second kappa shape index (κ2) is 7.89. The predicted octanol–water partition coefficient (Wildman–Crippen LogP) is 3.18. The third kappa shape index (κ3) is 3.55. The van der Waals surface area contributed by atoms with Gasteiger partial charge >= 0.3 is 0 Å².